The van der Waals surface area contributed by atoms with Gasteiger partial charge >= 0.3 is 5.97 Å². The second-order valence-corrected chi connectivity index (χ2v) is 2.57. The fourth-order valence-corrected chi connectivity index (χ4v) is 0.875. The lowest BCUT2D eigenvalue weighted by atomic mass is 10.1. The smallest absolute Gasteiger partial charge is 0.303 e. The molecule has 3 nitrogen and oxygen atoms in total. The molecule has 14 heavy (non-hydrogen) atoms. The van der Waals surface area contributed by atoms with Gasteiger partial charge in [-0.2, -0.15) is 0 Å². The van der Waals surface area contributed by atoms with Crippen molar-refractivity contribution in [3.63, 3.8) is 0 Å². The van der Waals surface area contributed by atoms with Crippen molar-refractivity contribution in [2.75, 3.05) is 6.61 Å². The Hall–Kier alpha value is -1.64. The highest BCUT2D eigenvalue weighted by molar-refractivity contribution is 5.97. The topological polar surface area (TPSA) is 43.4 Å². The van der Waals surface area contributed by atoms with Crippen LogP contribution >= 0.6 is 0 Å². The molecule has 76 valence electrons. The molecule has 0 heterocycles. The number of ketones is 1. The van der Waals surface area contributed by atoms with Gasteiger partial charge in [-0.15, -0.1) is 0 Å². The van der Waals surface area contributed by atoms with E-state index in [0.29, 0.717) is 5.56 Å². The number of Topliss-reactive ketones (excluding diaryl/α,β-unsaturated/α-hetero) is 1. The molecule has 0 saturated carbocycles. The van der Waals surface area contributed by atoms with Crippen LogP contribution in [-0.4, -0.2) is 18.4 Å². The molecular weight excluding hydrogens is 180 g/mol. The van der Waals surface area contributed by atoms with Crippen molar-refractivity contribution in [3.05, 3.63) is 35.9 Å². The molecular formula is C11H14O3. The lowest BCUT2D eigenvalue weighted by Gasteiger charge is -2.00. The van der Waals surface area contributed by atoms with Gasteiger partial charge in [0.15, 0.2) is 12.4 Å². The highest BCUT2D eigenvalue weighted by Crippen LogP contribution is 1.99. The Morgan fingerprint density at radius 3 is 2.29 bits per heavy atom. The zero-order valence-electron chi connectivity index (χ0n) is 7.32. The molecule has 0 saturated heterocycles. The molecule has 1 rings (SSSR count). The summed E-state index contributed by atoms with van der Waals surface area (Å²) >= 11 is 0. The summed E-state index contributed by atoms with van der Waals surface area (Å²) in [6.45, 7) is 1.09. The summed E-state index contributed by atoms with van der Waals surface area (Å²) in [6, 6.07) is 8.72. The van der Waals surface area contributed by atoms with Crippen molar-refractivity contribution in [3.8, 4) is 0 Å². The molecule has 0 N–H and O–H groups in total. The van der Waals surface area contributed by atoms with Crippen molar-refractivity contribution in [1.29, 1.82) is 0 Å². The van der Waals surface area contributed by atoms with Gasteiger partial charge in [-0.3, -0.25) is 9.59 Å². The van der Waals surface area contributed by atoms with Crippen molar-refractivity contribution in [1.82, 2.24) is 0 Å². The highest BCUT2D eigenvalue weighted by Gasteiger charge is 2.05. The first kappa shape index (κ1) is 12.4. The first-order valence-electron chi connectivity index (χ1n) is 3.92. The first-order valence-corrected chi connectivity index (χ1v) is 3.92. The van der Waals surface area contributed by atoms with Crippen LogP contribution in [0.5, 0.6) is 0 Å². The van der Waals surface area contributed by atoms with Crippen LogP contribution in [0.2, 0.25) is 0 Å². The number of hydrogen-bond donors (Lipinski definition) is 0. The van der Waals surface area contributed by atoms with Crippen LogP contribution < -0.4 is 0 Å². The molecule has 1 aromatic carbocycles. The summed E-state index contributed by atoms with van der Waals surface area (Å²) in [5.41, 5.74) is 0.559. The lowest BCUT2D eigenvalue weighted by Crippen LogP contribution is -2.11. The third kappa shape index (κ3) is 3.85. The van der Waals surface area contributed by atoms with Crippen molar-refractivity contribution in [2.24, 2.45) is 0 Å². The third-order valence-electron chi connectivity index (χ3n) is 1.50. The molecule has 0 bridgehead atoms. The number of hydrogen-bond acceptors (Lipinski definition) is 3. The van der Waals surface area contributed by atoms with Crippen LogP contribution in [0.25, 0.3) is 0 Å². The summed E-state index contributed by atoms with van der Waals surface area (Å²) < 4.78 is 4.57. The number of rotatable bonds is 3. The molecule has 0 aliphatic carbocycles. The van der Waals surface area contributed by atoms with Gasteiger partial charge < -0.3 is 4.74 Å². The maximum absolute atomic E-state index is 11.3. The Balaban J connectivity index is 0.00000169. The zero-order valence-corrected chi connectivity index (χ0v) is 7.32. The third-order valence-corrected chi connectivity index (χ3v) is 1.50. The average Bonchev–Trinajstić information content (AvgIpc) is 2.15. The van der Waals surface area contributed by atoms with E-state index >= 15 is 0 Å². The van der Waals surface area contributed by atoms with Crippen LogP contribution in [0.4, 0.5) is 0 Å². The molecule has 0 fully saturated rings. The number of carbonyl (C=O) groups excluding carboxylic acids is 2. The minimum atomic E-state index is -0.440. The number of ether oxygens (including phenoxy) is 1. The van der Waals surface area contributed by atoms with E-state index in [1.54, 1.807) is 24.3 Å². The number of esters is 1. The average molecular weight is 194 g/mol. The fourth-order valence-electron chi connectivity index (χ4n) is 0.875. The molecule has 1 aromatic rings. The SMILES string of the molecule is C.CC(=O)OCC(=O)c1ccccc1. The normalized spacial score (nSPS) is 8.64. The Bertz CT molecular complexity index is 304. The summed E-state index contributed by atoms with van der Waals surface area (Å²) in [4.78, 5) is 21.7. The largest absolute Gasteiger partial charge is 0.457 e. The number of carbonyl (C=O) groups is 2. The summed E-state index contributed by atoms with van der Waals surface area (Å²) in [7, 11) is 0. The van der Waals surface area contributed by atoms with Crippen LogP contribution in [0.15, 0.2) is 30.3 Å². The molecule has 0 amide bonds. The van der Waals surface area contributed by atoms with E-state index in [-0.39, 0.29) is 19.8 Å². The van der Waals surface area contributed by atoms with E-state index in [1.807, 2.05) is 6.07 Å². The van der Waals surface area contributed by atoms with Crippen LogP contribution in [0, 0.1) is 0 Å². The van der Waals surface area contributed by atoms with E-state index in [4.69, 9.17) is 0 Å². The van der Waals surface area contributed by atoms with E-state index in [2.05, 4.69) is 4.74 Å². The molecule has 0 aliphatic rings. The molecule has 3 heteroatoms. The fraction of sp³-hybridized carbons (Fsp3) is 0.273. The quantitative estimate of drug-likeness (QED) is 0.546. The molecule has 0 radical (unpaired) electrons. The van der Waals surface area contributed by atoms with Crippen LogP contribution in [0.3, 0.4) is 0 Å². The zero-order chi connectivity index (χ0) is 9.68. The minimum Gasteiger partial charge on any atom is -0.457 e. The standard InChI is InChI=1S/C10H10O3.CH4/c1-8(11)13-7-10(12)9-5-3-2-4-6-9;/h2-6H,7H2,1H3;1H4. The van der Waals surface area contributed by atoms with Gasteiger partial charge in [0.2, 0.25) is 0 Å². The van der Waals surface area contributed by atoms with Gasteiger partial charge in [0, 0.05) is 12.5 Å². The molecule has 0 atom stereocenters. The maximum Gasteiger partial charge on any atom is 0.303 e. The Morgan fingerprint density at radius 2 is 1.79 bits per heavy atom. The second kappa shape index (κ2) is 5.91. The summed E-state index contributed by atoms with van der Waals surface area (Å²) in [5, 5.41) is 0. The summed E-state index contributed by atoms with van der Waals surface area (Å²) in [6.07, 6.45) is 0. The van der Waals surface area contributed by atoms with Gasteiger partial charge in [-0.25, -0.2) is 0 Å². The lowest BCUT2D eigenvalue weighted by molar-refractivity contribution is -0.139. The van der Waals surface area contributed by atoms with Gasteiger partial charge in [-0.1, -0.05) is 37.8 Å². The van der Waals surface area contributed by atoms with Crippen molar-refractivity contribution >= 4 is 11.8 Å². The highest BCUT2D eigenvalue weighted by atomic mass is 16.5. The van der Waals surface area contributed by atoms with Gasteiger partial charge in [-0.05, 0) is 0 Å². The van der Waals surface area contributed by atoms with Crippen LogP contribution in [-0.2, 0) is 9.53 Å². The van der Waals surface area contributed by atoms with Gasteiger partial charge in [0.25, 0.3) is 0 Å². The van der Waals surface area contributed by atoms with E-state index < -0.39 is 5.97 Å². The monoisotopic (exact) mass is 194 g/mol. The van der Waals surface area contributed by atoms with Gasteiger partial charge in [0.1, 0.15) is 0 Å². The van der Waals surface area contributed by atoms with Crippen LogP contribution in [0.1, 0.15) is 24.7 Å². The van der Waals surface area contributed by atoms with E-state index in [9.17, 15) is 9.59 Å². The predicted molar refractivity (Wildman–Crippen MR) is 54.1 cm³/mol. The predicted octanol–water partition coefficient (Wildman–Crippen LogP) is 2.07. The minimum absolute atomic E-state index is 0. The first-order chi connectivity index (χ1) is 6.20. The van der Waals surface area contributed by atoms with E-state index in [1.165, 1.54) is 6.92 Å². The number of benzene rings is 1. The Morgan fingerprint density at radius 1 is 1.21 bits per heavy atom. The van der Waals surface area contributed by atoms with Crippen molar-refractivity contribution in [2.45, 2.75) is 14.4 Å². The van der Waals surface area contributed by atoms with Gasteiger partial charge in [0.05, 0.1) is 0 Å². The maximum atomic E-state index is 11.3. The second-order valence-electron chi connectivity index (χ2n) is 2.57. The molecule has 0 aliphatic heterocycles. The Kier molecular flexibility index (Phi) is 5.22. The molecule has 0 spiro atoms. The molecule has 0 unspecified atom stereocenters. The summed E-state index contributed by atoms with van der Waals surface area (Å²) in [5.74, 6) is -0.625. The Labute approximate surface area is 83.7 Å². The van der Waals surface area contributed by atoms with E-state index in [0.717, 1.165) is 0 Å². The molecule has 0 aromatic heterocycles. The van der Waals surface area contributed by atoms with Crippen molar-refractivity contribution < 1.29 is 14.3 Å².